The van der Waals surface area contributed by atoms with Crippen molar-refractivity contribution in [3.63, 3.8) is 0 Å². The Morgan fingerprint density at radius 2 is 0.700 bits per heavy atom. The molecule has 0 fully saturated rings. The van der Waals surface area contributed by atoms with E-state index in [2.05, 4.69) is 198 Å². The Kier molecular flexibility index (Phi) is 79.4. The first-order valence-corrected chi connectivity index (χ1v) is 49.4. The van der Waals surface area contributed by atoms with Gasteiger partial charge >= 0.3 is 57.4 Å². The summed E-state index contributed by atoms with van der Waals surface area (Å²) < 4.78 is -9.27. The summed E-state index contributed by atoms with van der Waals surface area (Å²) in [6.07, 6.45) is 17.6. The molecule has 0 saturated heterocycles. The molecule has 0 saturated carbocycles. The molecule has 4 unspecified atom stereocenters. The van der Waals surface area contributed by atoms with E-state index in [0.29, 0.717) is 0 Å². The van der Waals surface area contributed by atoms with Crippen molar-refractivity contribution in [1.82, 2.24) is 26.6 Å². The summed E-state index contributed by atoms with van der Waals surface area (Å²) >= 11 is 102. The Bertz CT molecular complexity index is 6210. The molecule has 150 heavy (non-hydrogen) atoms. The van der Waals surface area contributed by atoms with Crippen LogP contribution in [0.5, 0.6) is 0 Å². The topological polar surface area (TPSA) is 361 Å². The predicted octanol–water partition coefficient (Wildman–Crippen LogP) is 21.0. The van der Waals surface area contributed by atoms with E-state index in [0.717, 1.165) is 62.7 Å². The molecule has 14 N–H and O–H groups in total. The molecule has 9 aromatic rings. The number of aliphatic carboxylic acids is 1. The summed E-state index contributed by atoms with van der Waals surface area (Å²) in [6.45, 7) is 14.7. The minimum atomic E-state index is -1.97. The van der Waals surface area contributed by atoms with Gasteiger partial charge in [0, 0.05) is 53.4 Å². The summed E-state index contributed by atoms with van der Waals surface area (Å²) in [4.78, 5) is 80.7. The van der Waals surface area contributed by atoms with Crippen LogP contribution in [0, 0.1) is 94.1 Å². The van der Waals surface area contributed by atoms with Crippen molar-refractivity contribution in [3.8, 4) is 88.8 Å². The average molecular weight is 2430 g/mol. The Morgan fingerprint density at radius 3 is 0.960 bits per heavy atom. The zero-order valence-corrected chi connectivity index (χ0v) is 98.4. The molecular weight excluding hydrogens is 2330 g/mol. The number of nitrogens with one attached hydrogen (secondary N) is 6. The number of nitrogens with two attached hydrogens (primary N) is 2. The minimum absolute atomic E-state index is 0. The number of thiocyanates is 1. The second kappa shape index (κ2) is 82.6. The van der Waals surface area contributed by atoms with Crippen molar-refractivity contribution >= 4 is 323 Å². The second-order valence-corrected chi connectivity index (χ2v) is 42.9. The Labute approximate surface area is 1010 Å². The Balaban J connectivity index is -0.00000163. The van der Waals surface area contributed by atoms with E-state index in [4.69, 9.17) is 236 Å². The number of anilines is 2. The van der Waals surface area contributed by atoms with E-state index in [1.54, 1.807) is 55.5 Å². The number of carbonyl (C=O) groups is 7. The van der Waals surface area contributed by atoms with E-state index >= 15 is 0 Å². The number of aldehydes is 1. The van der Waals surface area contributed by atoms with E-state index in [1.807, 2.05) is 237 Å². The summed E-state index contributed by atoms with van der Waals surface area (Å²) in [5, 5.41) is 59.8. The van der Waals surface area contributed by atoms with Crippen LogP contribution in [0.3, 0.4) is 0 Å². The monoisotopic (exact) mass is 2420 g/mol. The van der Waals surface area contributed by atoms with Gasteiger partial charge in [0.1, 0.15) is 12.5 Å². The number of benzene rings is 9. The smallest absolute Gasteiger partial charge is 0.696 e. The third-order valence-corrected chi connectivity index (χ3v) is 20.2. The molecule has 4 atom stereocenters. The number of amides is 5. The van der Waals surface area contributed by atoms with Crippen LogP contribution in [0.1, 0.15) is 103 Å². The fraction of sp³-hybridized carbons (Fsp3) is 0.174. The average Bonchev–Trinajstić information content (AvgIpc) is 0.839. The molecule has 5 amide bonds. The number of aliphatic hydroxyl groups excluding tert-OH is 2. The van der Waals surface area contributed by atoms with Crippen LogP contribution in [-0.2, 0) is 52.2 Å². The molecule has 0 spiro atoms. The molecule has 0 bridgehead atoms. The van der Waals surface area contributed by atoms with Gasteiger partial charge in [-0.25, -0.2) is 15.0 Å². The molecule has 41 heteroatoms. The number of nitrogens with zero attached hydrogens (tertiary/aromatic N) is 2. The van der Waals surface area contributed by atoms with Crippen molar-refractivity contribution in [2.45, 2.75) is 109 Å². The van der Waals surface area contributed by atoms with E-state index < -0.39 is 84.8 Å². The van der Waals surface area contributed by atoms with Crippen LogP contribution in [0.2, 0.25) is 0 Å². The standard InChI is InChI=1S/C22H24Cl3N3OS.C15H4.C12H9Cl3N2OS.C11H9Cl4NO.C11H10Cl3NO2.C10H15N.C9H9NO.C9H8O2.C7H6O.C2H3Cl3O2.CHNS.K/c1-21(2,3)16-10-12-17(13-11-16)26-20(30)28-19(22(23,24)25)27-18(29)14-9-15-7-5-4-6-8-15;1-3-5-7-9-11-13-15-14-12-10-8-6-4-2;13-12(14,15)11(16-8-19)17-10(18)7-6-9-4-2-1-3-5-9;12-10(11(13,14)15)16-9(17)7-6-8-4-2-1-3-5-8;12-11(13,14)10(17)15-9(16)7-6-8-4-2-1-3-5-8;1-10(2,3)8-4-6-9(11)7-5-8;2*10-9(11)7-6-8-4-2-1-3-5-8;8-6-7-4-2-1-3-5-7;3-2(4,5)1(6)7;2-1-3;/h4-14,19H,1-3H3,(H,27,29)(H2,26,28,30);1H,2H3;1-7,11H,(H,17,18);1-7,10H,(H,16,17);1-7,10,17H,(H,15,16);4-7H,11H2,1-3H3;1-7H,(H2,10,11);1-7H,(H,10,11);1-6H;1,6-7H;3H;/q;;;;;;;;;;;+1/p-1/b14-9+;;3*7-6+;;2*7-6+;;;;. The van der Waals surface area contributed by atoms with Crippen molar-refractivity contribution in [3.05, 3.63) is 347 Å². The van der Waals surface area contributed by atoms with Gasteiger partial charge in [0.05, 0.1) is 5.16 Å². The van der Waals surface area contributed by atoms with E-state index in [1.165, 1.54) is 46.9 Å². The van der Waals surface area contributed by atoms with Gasteiger partial charge in [-0.15, -0.1) is 6.42 Å². The molecule has 0 aliphatic heterocycles. The van der Waals surface area contributed by atoms with E-state index in [9.17, 15) is 38.7 Å². The molecule has 0 aliphatic carbocycles. The fourth-order valence-corrected chi connectivity index (χ4v) is 10.4. The van der Waals surface area contributed by atoms with Gasteiger partial charge in [0.2, 0.25) is 48.5 Å². The number of thiocarbonyl (C=S) groups is 2. The number of alkyl halides is 16. The fourth-order valence-electron chi connectivity index (χ4n) is 9.00. The molecule has 9 rings (SSSR count). The zero-order chi connectivity index (χ0) is 113. The number of carboxylic acids is 1. The van der Waals surface area contributed by atoms with Crippen molar-refractivity contribution < 1.29 is 105 Å². The molecule has 0 aliphatic rings. The van der Waals surface area contributed by atoms with Crippen LogP contribution in [0.4, 0.5) is 11.4 Å². The number of aliphatic imine (C=N–C) groups is 1. The van der Waals surface area contributed by atoms with Crippen molar-refractivity contribution in [1.29, 1.82) is 5.26 Å². The van der Waals surface area contributed by atoms with Crippen LogP contribution in [-0.4, -0.2) is 122 Å². The normalized spacial score (nSPS) is 11.1. The predicted molar refractivity (Wildman–Crippen MR) is 630 cm³/mol. The van der Waals surface area contributed by atoms with Gasteiger partial charge in [-0.1, -0.05) is 475 Å². The molecule has 0 radical (unpaired) electrons. The first-order chi connectivity index (χ1) is 69.9. The number of hydrogen-bond acceptors (Lipinski definition) is 16. The van der Waals surface area contributed by atoms with Gasteiger partial charge in [-0.3, -0.25) is 28.8 Å². The maximum absolute atomic E-state index is 12.3. The number of carbonyl (C=O) groups excluding carboxylic acids is 6. The molecule has 21 nitrogen and oxygen atoms in total. The van der Waals surface area contributed by atoms with Crippen LogP contribution >= 0.6 is 210 Å². The maximum Gasteiger partial charge on any atom is 1.00 e. The van der Waals surface area contributed by atoms with Gasteiger partial charge in [0.25, 0.3) is 0 Å². The number of hydrogen-bond donors (Lipinski definition) is 12. The zero-order valence-electron chi connectivity index (χ0n) is 80.8. The van der Waals surface area contributed by atoms with Gasteiger partial charge in [0.15, 0.2) is 29.3 Å². The first-order valence-electron chi connectivity index (χ1n) is 42.1. The quantitative estimate of drug-likeness (QED) is 0.00274. The summed E-state index contributed by atoms with van der Waals surface area (Å²) in [5.74, 6) is 28.7. The van der Waals surface area contributed by atoms with Crippen LogP contribution in [0.15, 0.2) is 302 Å². The number of primary amides is 1. The number of isothiocyanates is 1. The van der Waals surface area contributed by atoms with Crippen molar-refractivity contribution in [2.75, 3.05) is 11.1 Å². The summed E-state index contributed by atoms with van der Waals surface area (Å²) in [6, 6.07) is 81.1. The van der Waals surface area contributed by atoms with E-state index in [-0.39, 0.29) is 67.3 Å². The maximum atomic E-state index is 12.3. The SMILES string of the molecule is C#CC#CC#CC#CC#CC#CC#CC.CC(C)(C)c1ccc(N)cc1.CC(C)(C)c1ccc(NC(=S)NC(NC(=O)/C=C/c2ccccc2)C(Cl)(Cl)Cl)cc1.N#C[S-].NC(=O)/C=C/c1ccccc1.O=C(/C=C/c1ccccc1)NC(Cl)C(Cl)(Cl)Cl.O=C(/C=C/c1ccccc1)NC(N=C=S)C(Cl)(Cl)Cl.O=C(/C=C/c1ccccc1)NC(O)C(Cl)(Cl)Cl.O=C(O)/C=C/c1ccccc1.O=Cc1ccccc1.OC(O)C(Cl)(Cl)Cl.[K+]. The molecule has 780 valence electrons. The second-order valence-electron chi connectivity index (χ2n) is 29.8. The number of nitrogen functional groups attached to an aromatic ring is 1. The summed E-state index contributed by atoms with van der Waals surface area (Å²) in [7, 11) is 0. The van der Waals surface area contributed by atoms with Gasteiger partial charge in [-0.2, -0.15) is 0 Å². The Hall–Kier alpha value is -10.0. The molecule has 0 aromatic heterocycles. The largest absolute Gasteiger partial charge is 1.00 e. The number of nitriles is 1. The van der Waals surface area contributed by atoms with Crippen LogP contribution in [0.25, 0.3) is 36.5 Å². The van der Waals surface area contributed by atoms with Gasteiger partial charge in [-0.05, 0) is 218 Å². The number of aliphatic hydroxyl groups is 3. The summed E-state index contributed by atoms with van der Waals surface area (Å²) in [5.41, 5.74) is 19.9. The number of terminal acetylenes is 1. The third-order valence-electron chi connectivity index (χ3n) is 16.0. The number of rotatable bonds is 20. The van der Waals surface area contributed by atoms with Crippen molar-refractivity contribution in [2.24, 2.45) is 10.7 Å². The molecular formula is C109H97Cl16KN10O11S3. The molecule has 0 heterocycles. The minimum Gasteiger partial charge on any atom is -0.696 e. The first kappa shape index (κ1) is 144. The van der Waals surface area contributed by atoms with Crippen LogP contribution < -0.4 is 94.8 Å². The third kappa shape index (κ3) is 80.8. The number of halogens is 16. The Morgan fingerprint density at radius 1 is 0.413 bits per heavy atom. The van der Waals surface area contributed by atoms with Gasteiger partial charge < -0.3 is 76.4 Å². The molecule has 9 aromatic carbocycles. The number of carboxylic acid groups (broad SMARTS) is 1.